The molecule has 0 aromatic carbocycles. The van der Waals surface area contributed by atoms with Crippen molar-refractivity contribution in [1.29, 1.82) is 0 Å². The van der Waals surface area contributed by atoms with Crippen LogP contribution in [0.3, 0.4) is 0 Å². The molecule has 0 aliphatic rings. The molecule has 0 fully saturated rings. The number of allylic oxidation sites excluding steroid dienone is 7. The third-order valence-corrected chi connectivity index (χ3v) is 13.3. The summed E-state index contributed by atoms with van der Waals surface area (Å²) < 4.78 is 23.5. The van der Waals surface area contributed by atoms with Gasteiger partial charge in [0.2, 0.25) is 5.91 Å². The first-order valence-electron chi connectivity index (χ1n) is 27.5. The molecule has 0 rings (SSSR count). The van der Waals surface area contributed by atoms with Crippen LogP contribution < -0.4 is 5.32 Å². The summed E-state index contributed by atoms with van der Waals surface area (Å²) in [5.41, 5.74) is 0. The molecule has 0 aliphatic heterocycles. The number of phosphoric ester groups is 1. The number of carbonyl (C=O) groups excluding carboxylic acids is 1. The molecule has 1 amide bonds. The second kappa shape index (κ2) is 47.5. The number of aliphatic hydroxyl groups is 1. The number of quaternary nitrogens is 1. The molecule has 0 spiro atoms. The van der Waals surface area contributed by atoms with Crippen LogP contribution in [0.1, 0.15) is 251 Å². The minimum Gasteiger partial charge on any atom is -0.387 e. The standard InChI is InChI=1S/C56H107N2O6P/c1-6-8-10-12-14-16-17-18-19-20-21-22-23-24-25-26-27-28-29-30-31-32-33-34-35-36-37-38-39-40-41-42-44-46-48-50-56(60)57-54(53-64-65(61,62)63-52-51-58(3,4)5)55(59)49-47-45-43-15-13-11-9-7-2/h13,15,17-18,20-21,47,49,54-55,59H,6-12,14,16,19,22-46,48,50-53H2,1-5H3,(H-,57,60,61,62)/p+1/b15-13+,18-17-,21-20-,49-47+. The zero-order valence-electron chi connectivity index (χ0n) is 43.5. The fourth-order valence-corrected chi connectivity index (χ4v) is 8.63. The van der Waals surface area contributed by atoms with E-state index in [0.29, 0.717) is 17.4 Å². The lowest BCUT2D eigenvalue weighted by molar-refractivity contribution is -0.870. The molecule has 0 saturated carbocycles. The summed E-state index contributed by atoms with van der Waals surface area (Å²) in [6.45, 7) is 4.71. The van der Waals surface area contributed by atoms with E-state index in [1.165, 1.54) is 186 Å². The molecule has 3 N–H and O–H groups in total. The van der Waals surface area contributed by atoms with Crippen LogP contribution >= 0.6 is 7.82 Å². The lowest BCUT2D eigenvalue weighted by Gasteiger charge is -2.25. The van der Waals surface area contributed by atoms with Gasteiger partial charge in [-0.25, -0.2) is 4.57 Å². The lowest BCUT2D eigenvalue weighted by atomic mass is 10.0. The second-order valence-electron chi connectivity index (χ2n) is 19.9. The average molecular weight is 936 g/mol. The van der Waals surface area contributed by atoms with Gasteiger partial charge in [0.15, 0.2) is 0 Å². The smallest absolute Gasteiger partial charge is 0.387 e. The number of likely N-dealkylation sites (N-methyl/N-ethyl adjacent to an activating group) is 1. The van der Waals surface area contributed by atoms with Gasteiger partial charge in [-0.2, -0.15) is 0 Å². The fourth-order valence-electron chi connectivity index (χ4n) is 7.90. The van der Waals surface area contributed by atoms with Gasteiger partial charge in [0, 0.05) is 6.42 Å². The van der Waals surface area contributed by atoms with E-state index >= 15 is 0 Å². The molecular weight excluding hydrogens is 828 g/mol. The number of rotatable bonds is 50. The number of hydrogen-bond acceptors (Lipinski definition) is 5. The molecule has 3 unspecified atom stereocenters. The predicted octanol–water partition coefficient (Wildman–Crippen LogP) is 16.4. The second-order valence-corrected chi connectivity index (χ2v) is 21.4. The maximum atomic E-state index is 12.9. The highest BCUT2D eigenvalue weighted by Crippen LogP contribution is 2.43. The number of phosphoric acid groups is 1. The van der Waals surface area contributed by atoms with Gasteiger partial charge in [-0.15, -0.1) is 0 Å². The van der Waals surface area contributed by atoms with E-state index in [0.717, 1.165) is 44.9 Å². The van der Waals surface area contributed by atoms with Gasteiger partial charge >= 0.3 is 7.82 Å². The van der Waals surface area contributed by atoms with Crippen molar-refractivity contribution in [2.75, 3.05) is 40.9 Å². The largest absolute Gasteiger partial charge is 0.472 e. The summed E-state index contributed by atoms with van der Waals surface area (Å²) >= 11 is 0. The molecule has 0 heterocycles. The van der Waals surface area contributed by atoms with Crippen molar-refractivity contribution < 1.29 is 32.9 Å². The molecule has 0 aromatic rings. The van der Waals surface area contributed by atoms with Crippen LogP contribution in [0.15, 0.2) is 48.6 Å². The van der Waals surface area contributed by atoms with Gasteiger partial charge < -0.3 is 19.8 Å². The summed E-state index contributed by atoms with van der Waals surface area (Å²) in [6.07, 6.45) is 62.6. The molecule has 0 aliphatic carbocycles. The third kappa shape index (κ3) is 50.2. The minimum atomic E-state index is -4.34. The van der Waals surface area contributed by atoms with Crippen LogP contribution in [-0.4, -0.2) is 73.4 Å². The van der Waals surface area contributed by atoms with E-state index in [4.69, 9.17) is 9.05 Å². The lowest BCUT2D eigenvalue weighted by Crippen LogP contribution is -2.45. The number of nitrogens with one attached hydrogen (secondary N) is 1. The maximum absolute atomic E-state index is 12.9. The Balaban J connectivity index is 3.85. The highest BCUT2D eigenvalue weighted by molar-refractivity contribution is 7.47. The summed E-state index contributed by atoms with van der Waals surface area (Å²) in [4.78, 5) is 23.1. The first-order valence-corrected chi connectivity index (χ1v) is 29.0. The molecule has 9 heteroatoms. The molecule has 8 nitrogen and oxygen atoms in total. The van der Waals surface area contributed by atoms with Gasteiger partial charge in [0.1, 0.15) is 13.2 Å². The van der Waals surface area contributed by atoms with E-state index in [-0.39, 0.29) is 19.1 Å². The Morgan fingerprint density at radius 2 is 0.908 bits per heavy atom. The quantitative estimate of drug-likeness (QED) is 0.0243. The van der Waals surface area contributed by atoms with Gasteiger partial charge in [-0.05, 0) is 57.8 Å². The summed E-state index contributed by atoms with van der Waals surface area (Å²) in [5, 5.41) is 13.7. The van der Waals surface area contributed by atoms with Crippen LogP contribution in [0.25, 0.3) is 0 Å². The number of nitrogens with zero attached hydrogens (tertiary/aromatic N) is 1. The van der Waals surface area contributed by atoms with Crippen molar-refractivity contribution in [3.8, 4) is 0 Å². The number of hydrogen-bond donors (Lipinski definition) is 3. The molecule has 3 atom stereocenters. The topological polar surface area (TPSA) is 105 Å². The number of unbranched alkanes of at least 4 members (excludes halogenated alkanes) is 31. The predicted molar refractivity (Wildman–Crippen MR) is 281 cm³/mol. The first-order chi connectivity index (χ1) is 31.5. The summed E-state index contributed by atoms with van der Waals surface area (Å²) in [7, 11) is 1.56. The van der Waals surface area contributed by atoms with Gasteiger partial charge in [-0.3, -0.25) is 13.8 Å². The highest BCUT2D eigenvalue weighted by atomic mass is 31.2. The van der Waals surface area contributed by atoms with Gasteiger partial charge in [-0.1, -0.05) is 236 Å². The molecule has 0 saturated heterocycles. The number of aliphatic hydroxyl groups excluding tert-OH is 1. The van der Waals surface area contributed by atoms with E-state index in [9.17, 15) is 19.4 Å². The number of carbonyl (C=O) groups is 1. The Morgan fingerprint density at radius 1 is 0.523 bits per heavy atom. The van der Waals surface area contributed by atoms with E-state index in [1.54, 1.807) is 6.08 Å². The summed E-state index contributed by atoms with van der Waals surface area (Å²) in [5.74, 6) is -0.188. The van der Waals surface area contributed by atoms with Crippen LogP contribution in [0, 0.1) is 0 Å². The minimum absolute atomic E-state index is 0.0563. The van der Waals surface area contributed by atoms with Crippen LogP contribution in [0.2, 0.25) is 0 Å². The normalized spacial score (nSPS) is 14.4. The van der Waals surface area contributed by atoms with Crippen LogP contribution in [-0.2, 0) is 18.4 Å². The molecular formula is C56H108N2O6P+. The average Bonchev–Trinajstić information content (AvgIpc) is 3.26. The van der Waals surface area contributed by atoms with Crippen molar-refractivity contribution in [2.24, 2.45) is 0 Å². The highest BCUT2D eigenvalue weighted by Gasteiger charge is 2.27. The van der Waals surface area contributed by atoms with Crippen LogP contribution in [0.4, 0.5) is 0 Å². The van der Waals surface area contributed by atoms with E-state index in [2.05, 4.69) is 55.6 Å². The van der Waals surface area contributed by atoms with Crippen LogP contribution in [0.5, 0.6) is 0 Å². The summed E-state index contributed by atoms with van der Waals surface area (Å²) in [6, 6.07) is -0.859. The SMILES string of the molecule is CCCC/C=C/CC/C=C/C(O)C(COP(=O)(O)OCC[N+](C)(C)C)NC(=O)CCCCCCCCCCCCCCCCCCCCCCCCC/C=C\C/C=C\CCCCCCC. The Labute approximate surface area is 403 Å². The number of amides is 1. The molecule has 0 bridgehead atoms. The third-order valence-electron chi connectivity index (χ3n) is 12.3. The molecule has 382 valence electrons. The zero-order valence-corrected chi connectivity index (χ0v) is 44.4. The monoisotopic (exact) mass is 936 g/mol. The fraction of sp³-hybridized carbons (Fsp3) is 0.839. The molecule has 65 heavy (non-hydrogen) atoms. The van der Waals surface area contributed by atoms with Gasteiger partial charge in [0.25, 0.3) is 0 Å². The Kier molecular flexibility index (Phi) is 46.4. The van der Waals surface area contributed by atoms with Crippen molar-refractivity contribution in [1.82, 2.24) is 5.32 Å². The molecule has 0 radical (unpaired) electrons. The Hall–Kier alpha value is -1.54. The van der Waals surface area contributed by atoms with E-state index < -0.39 is 20.0 Å². The van der Waals surface area contributed by atoms with Crippen molar-refractivity contribution in [3.05, 3.63) is 48.6 Å². The van der Waals surface area contributed by atoms with Crippen molar-refractivity contribution >= 4 is 13.7 Å². The Morgan fingerprint density at radius 3 is 1.37 bits per heavy atom. The van der Waals surface area contributed by atoms with E-state index in [1.807, 2.05) is 27.2 Å². The first kappa shape index (κ1) is 63.5. The zero-order chi connectivity index (χ0) is 47.8. The van der Waals surface area contributed by atoms with Gasteiger partial charge in [0.05, 0.1) is 39.9 Å². The Bertz CT molecular complexity index is 1200. The molecule has 0 aromatic heterocycles. The maximum Gasteiger partial charge on any atom is 0.472 e. The van der Waals surface area contributed by atoms with Crippen molar-refractivity contribution in [2.45, 2.75) is 264 Å². The van der Waals surface area contributed by atoms with Crippen molar-refractivity contribution in [3.63, 3.8) is 0 Å².